The molecule has 142 valence electrons. The van der Waals surface area contributed by atoms with Gasteiger partial charge in [-0.05, 0) is 49.2 Å². The van der Waals surface area contributed by atoms with Gasteiger partial charge in [-0.15, -0.1) is 0 Å². The number of hydrogen-bond acceptors (Lipinski definition) is 4. The highest BCUT2D eigenvalue weighted by atomic mass is 35.5. The number of halogens is 1. The second-order valence-corrected chi connectivity index (χ2v) is 7.17. The lowest BCUT2D eigenvalue weighted by Gasteiger charge is -2.26. The third-order valence-electron chi connectivity index (χ3n) is 4.74. The van der Waals surface area contributed by atoms with E-state index in [1.807, 2.05) is 12.1 Å². The lowest BCUT2D eigenvalue weighted by Crippen LogP contribution is -2.29. The number of hydrogen-bond donors (Lipinski definition) is 1. The van der Waals surface area contributed by atoms with Crippen molar-refractivity contribution in [2.24, 2.45) is 0 Å². The van der Waals surface area contributed by atoms with Crippen molar-refractivity contribution < 1.29 is 9.72 Å². The molecule has 1 heterocycles. The normalized spacial score (nSPS) is 14.7. The van der Waals surface area contributed by atoms with Crippen molar-refractivity contribution in [3.8, 4) is 0 Å². The predicted molar refractivity (Wildman–Crippen MR) is 105 cm³/mol. The standard InChI is InChI=1S/C20H22ClN3O3/c21-18-9-8-17(12-19(18)24(26)27)20(25)22-13-15-4-6-16(7-5-15)14-23-10-2-1-3-11-23/h4-9,12H,1-3,10-11,13-14H2,(H,22,25). The zero-order valence-corrected chi connectivity index (χ0v) is 15.7. The maximum absolute atomic E-state index is 12.3. The molecular formula is C20H22ClN3O3. The predicted octanol–water partition coefficient (Wildman–Crippen LogP) is 4.16. The number of nitrogens with zero attached hydrogens (tertiary/aromatic N) is 2. The summed E-state index contributed by atoms with van der Waals surface area (Å²) in [5.74, 6) is -0.368. The molecule has 1 aliphatic rings. The number of nitrogens with one attached hydrogen (secondary N) is 1. The van der Waals surface area contributed by atoms with Crippen molar-refractivity contribution in [3.05, 3.63) is 74.3 Å². The molecular weight excluding hydrogens is 366 g/mol. The molecule has 27 heavy (non-hydrogen) atoms. The first kappa shape index (κ1) is 19.3. The van der Waals surface area contributed by atoms with Crippen LogP contribution < -0.4 is 5.32 Å². The number of nitro groups is 1. The zero-order chi connectivity index (χ0) is 19.2. The van der Waals surface area contributed by atoms with Gasteiger partial charge in [0, 0.05) is 24.7 Å². The number of benzene rings is 2. The first-order valence-corrected chi connectivity index (χ1v) is 9.43. The zero-order valence-electron chi connectivity index (χ0n) is 15.0. The summed E-state index contributed by atoms with van der Waals surface area (Å²) in [6.07, 6.45) is 3.87. The molecule has 0 aromatic heterocycles. The van der Waals surface area contributed by atoms with E-state index in [1.165, 1.54) is 43.0 Å². The highest BCUT2D eigenvalue weighted by Crippen LogP contribution is 2.25. The minimum atomic E-state index is -0.597. The Balaban J connectivity index is 1.55. The number of carbonyl (C=O) groups is 1. The number of likely N-dealkylation sites (tertiary alicyclic amines) is 1. The van der Waals surface area contributed by atoms with Gasteiger partial charge in [-0.25, -0.2) is 0 Å². The quantitative estimate of drug-likeness (QED) is 0.596. The first-order chi connectivity index (χ1) is 13.0. The molecule has 3 rings (SSSR count). The molecule has 1 N–H and O–H groups in total. The Hall–Kier alpha value is -2.44. The van der Waals surface area contributed by atoms with Gasteiger partial charge in [0.25, 0.3) is 11.6 Å². The van der Waals surface area contributed by atoms with E-state index in [-0.39, 0.29) is 22.2 Å². The minimum absolute atomic E-state index is 0.0147. The van der Waals surface area contributed by atoms with Gasteiger partial charge >= 0.3 is 0 Å². The van der Waals surface area contributed by atoms with E-state index in [4.69, 9.17) is 11.6 Å². The Kier molecular flexibility index (Phi) is 6.42. The molecule has 7 heteroatoms. The molecule has 0 bridgehead atoms. The van der Waals surface area contributed by atoms with Crippen molar-refractivity contribution in [2.75, 3.05) is 13.1 Å². The molecule has 1 aliphatic heterocycles. The molecule has 0 spiro atoms. The summed E-state index contributed by atoms with van der Waals surface area (Å²) in [5.41, 5.74) is 2.19. The SMILES string of the molecule is O=C(NCc1ccc(CN2CCCCC2)cc1)c1ccc(Cl)c([N+](=O)[O-])c1. The fourth-order valence-corrected chi connectivity index (χ4v) is 3.40. The summed E-state index contributed by atoms with van der Waals surface area (Å²) in [6, 6.07) is 12.2. The van der Waals surface area contributed by atoms with Gasteiger partial charge in [-0.3, -0.25) is 19.8 Å². The van der Waals surface area contributed by atoms with Crippen molar-refractivity contribution in [2.45, 2.75) is 32.4 Å². The summed E-state index contributed by atoms with van der Waals surface area (Å²) < 4.78 is 0. The Morgan fingerprint density at radius 3 is 2.41 bits per heavy atom. The summed E-state index contributed by atoms with van der Waals surface area (Å²) in [4.78, 5) is 25.1. The maximum atomic E-state index is 12.3. The van der Waals surface area contributed by atoms with Crippen LogP contribution in [0, 0.1) is 10.1 Å². The third-order valence-corrected chi connectivity index (χ3v) is 5.06. The Labute approximate surface area is 163 Å². The van der Waals surface area contributed by atoms with Crippen molar-refractivity contribution in [1.29, 1.82) is 0 Å². The van der Waals surface area contributed by atoms with Gasteiger partial charge < -0.3 is 5.32 Å². The topological polar surface area (TPSA) is 75.5 Å². The molecule has 1 fully saturated rings. The van der Waals surface area contributed by atoms with E-state index in [9.17, 15) is 14.9 Å². The van der Waals surface area contributed by atoms with Crippen molar-refractivity contribution >= 4 is 23.2 Å². The summed E-state index contributed by atoms with van der Waals surface area (Å²) >= 11 is 5.78. The van der Waals surface area contributed by atoms with Crippen LogP contribution in [0.4, 0.5) is 5.69 Å². The molecule has 2 aromatic rings. The van der Waals surface area contributed by atoms with Crippen LogP contribution in [0.25, 0.3) is 0 Å². The van der Waals surface area contributed by atoms with Gasteiger partial charge in [-0.2, -0.15) is 0 Å². The number of rotatable bonds is 6. The molecule has 0 atom stereocenters. The van der Waals surface area contributed by atoms with Crippen LogP contribution in [0.15, 0.2) is 42.5 Å². The van der Waals surface area contributed by atoms with E-state index in [2.05, 4.69) is 22.3 Å². The Bertz CT molecular complexity index is 818. The lowest BCUT2D eigenvalue weighted by molar-refractivity contribution is -0.384. The lowest BCUT2D eigenvalue weighted by atomic mass is 10.1. The van der Waals surface area contributed by atoms with Gasteiger partial charge in [0.15, 0.2) is 0 Å². The Morgan fingerprint density at radius 1 is 1.07 bits per heavy atom. The highest BCUT2D eigenvalue weighted by Gasteiger charge is 2.16. The molecule has 0 unspecified atom stereocenters. The van der Waals surface area contributed by atoms with Crippen LogP contribution in [0.5, 0.6) is 0 Å². The molecule has 0 aliphatic carbocycles. The van der Waals surface area contributed by atoms with Crippen molar-refractivity contribution in [1.82, 2.24) is 10.2 Å². The van der Waals surface area contributed by atoms with Crippen LogP contribution in [-0.2, 0) is 13.1 Å². The van der Waals surface area contributed by atoms with Crippen LogP contribution in [0.2, 0.25) is 5.02 Å². The molecule has 0 saturated carbocycles. The monoisotopic (exact) mass is 387 g/mol. The molecule has 1 saturated heterocycles. The first-order valence-electron chi connectivity index (χ1n) is 9.05. The average molecular weight is 388 g/mol. The summed E-state index contributed by atoms with van der Waals surface area (Å²) in [5, 5.41) is 13.7. The second kappa shape index (κ2) is 8.97. The second-order valence-electron chi connectivity index (χ2n) is 6.76. The van der Waals surface area contributed by atoms with E-state index in [1.54, 1.807) is 0 Å². The largest absolute Gasteiger partial charge is 0.348 e. The summed E-state index contributed by atoms with van der Waals surface area (Å²) in [7, 11) is 0. The molecule has 0 radical (unpaired) electrons. The number of nitro benzene ring substituents is 1. The van der Waals surface area contributed by atoms with Crippen molar-refractivity contribution in [3.63, 3.8) is 0 Å². The van der Waals surface area contributed by atoms with Crippen LogP contribution in [-0.4, -0.2) is 28.8 Å². The number of amides is 1. The van der Waals surface area contributed by atoms with Gasteiger partial charge in [0.2, 0.25) is 0 Å². The van der Waals surface area contributed by atoms with Crippen LogP contribution in [0.1, 0.15) is 40.7 Å². The minimum Gasteiger partial charge on any atom is -0.348 e. The molecule has 1 amide bonds. The number of piperidine rings is 1. The van der Waals surface area contributed by atoms with Gasteiger partial charge in [0.1, 0.15) is 5.02 Å². The van der Waals surface area contributed by atoms with E-state index in [0.29, 0.717) is 6.54 Å². The van der Waals surface area contributed by atoms with E-state index < -0.39 is 4.92 Å². The van der Waals surface area contributed by atoms with Gasteiger partial charge in [-0.1, -0.05) is 42.3 Å². The maximum Gasteiger partial charge on any atom is 0.288 e. The fraction of sp³-hybridized carbons (Fsp3) is 0.350. The molecule has 6 nitrogen and oxygen atoms in total. The third kappa shape index (κ3) is 5.28. The Morgan fingerprint density at radius 2 is 1.74 bits per heavy atom. The van der Waals surface area contributed by atoms with Crippen LogP contribution in [0.3, 0.4) is 0 Å². The average Bonchev–Trinajstić information content (AvgIpc) is 2.68. The highest BCUT2D eigenvalue weighted by molar-refractivity contribution is 6.32. The number of carbonyl (C=O) groups excluding carboxylic acids is 1. The van der Waals surface area contributed by atoms with E-state index in [0.717, 1.165) is 25.2 Å². The van der Waals surface area contributed by atoms with Gasteiger partial charge in [0.05, 0.1) is 4.92 Å². The van der Waals surface area contributed by atoms with Crippen LogP contribution >= 0.6 is 11.6 Å². The smallest absolute Gasteiger partial charge is 0.288 e. The fourth-order valence-electron chi connectivity index (χ4n) is 3.22. The molecule has 2 aromatic carbocycles. The van der Waals surface area contributed by atoms with E-state index >= 15 is 0 Å². The summed E-state index contributed by atoms with van der Waals surface area (Å²) in [6.45, 7) is 3.64.